The molecule has 1 aromatic heterocycles. The van der Waals surface area contributed by atoms with E-state index in [1.807, 2.05) is 30.3 Å². The lowest BCUT2D eigenvalue weighted by Crippen LogP contribution is -1.96. The topological polar surface area (TPSA) is 30.0 Å². The summed E-state index contributed by atoms with van der Waals surface area (Å²) in [5, 5.41) is 1.09. The van der Waals surface area contributed by atoms with Crippen LogP contribution in [-0.2, 0) is 11.2 Å². The van der Waals surface area contributed by atoms with Gasteiger partial charge in [0.2, 0.25) is 0 Å². The lowest BCUT2D eigenvalue weighted by molar-refractivity contribution is -0.116. The molecule has 0 radical (unpaired) electrons. The summed E-state index contributed by atoms with van der Waals surface area (Å²) in [6.45, 7) is 1.59. The molecule has 2 heteroatoms. The van der Waals surface area contributed by atoms with Crippen molar-refractivity contribution in [2.24, 2.45) is 0 Å². The highest BCUT2D eigenvalue weighted by atomic mass is 16.1. The lowest BCUT2D eigenvalue weighted by Gasteiger charge is -2.00. The van der Waals surface area contributed by atoms with E-state index in [9.17, 15) is 4.79 Å². The average molecular weight is 185 g/mol. The summed E-state index contributed by atoms with van der Waals surface area (Å²) in [7, 11) is 0. The van der Waals surface area contributed by atoms with Gasteiger partial charge in [-0.2, -0.15) is 0 Å². The second kappa shape index (κ2) is 3.58. The number of rotatable bonds is 2. The van der Waals surface area contributed by atoms with Gasteiger partial charge in [-0.3, -0.25) is 9.78 Å². The van der Waals surface area contributed by atoms with Gasteiger partial charge in [0.05, 0.1) is 5.52 Å². The molecule has 1 heterocycles. The zero-order valence-corrected chi connectivity index (χ0v) is 8.03. The minimum absolute atomic E-state index is 0.169. The number of Topliss-reactive ketones (excluding diaryl/α,β-unsaturated/α-hetero) is 1. The fourth-order valence-electron chi connectivity index (χ4n) is 1.50. The highest BCUT2D eigenvalue weighted by Gasteiger charge is 1.99. The van der Waals surface area contributed by atoms with Crippen molar-refractivity contribution >= 4 is 16.7 Å². The highest BCUT2D eigenvalue weighted by Crippen LogP contribution is 2.12. The Balaban J connectivity index is 2.46. The van der Waals surface area contributed by atoms with Crippen LogP contribution in [0.25, 0.3) is 10.9 Å². The minimum Gasteiger partial charge on any atom is -0.300 e. The van der Waals surface area contributed by atoms with E-state index in [1.54, 1.807) is 13.1 Å². The number of ketones is 1. The van der Waals surface area contributed by atoms with Crippen LogP contribution in [0.15, 0.2) is 36.5 Å². The third-order valence-corrected chi connectivity index (χ3v) is 2.10. The van der Waals surface area contributed by atoms with E-state index in [-0.39, 0.29) is 5.78 Å². The molecule has 1 aromatic carbocycles. The molecule has 2 rings (SSSR count). The number of carbonyl (C=O) groups is 1. The van der Waals surface area contributed by atoms with Gasteiger partial charge in [0.15, 0.2) is 0 Å². The molecule has 0 saturated carbocycles. The van der Waals surface area contributed by atoms with Gasteiger partial charge < -0.3 is 0 Å². The van der Waals surface area contributed by atoms with Gasteiger partial charge in [0.1, 0.15) is 5.78 Å². The van der Waals surface area contributed by atoms with Crippen LogP contribution >= 0.6 is 0 Å². The summed E-state index contributed by atoms with van der Waals surface area (Å²) in [6.07, 6.45) is 2.24. The Hall–Kier alpha value is -1.70. The van der Waals surface area contributed by atoms with Crippen molar-refractivity contribution in [3.05, 3.63) is 42.1 Å². The maximum Gasteiger partial charge on any atom is 0.134 e. The number of para-hydroxylation sites is 1. The predicted octanol–water partition coefficient (Wildman–Crippen LogP) is 2.37. The number of carbonyl (C=O) groups excluding carboxylic acids is 1. The van der Waals surface area contributed by atoms with E-state index < -0.39 is 0 Å². The molecule has 2 aromatic rings. The van der Waals surface area contributed by atoms with Crippen LogP contribution in [0.3, 0.4) is 0 Å². The molecule has 70 valence electrons. The van der Waals surface area contributed by atoms with E-state index >= 15 is 0 Å². The van der Waals surface area contributed by atoms with Crippen LogP contribution in [0, 0.1) is 0 Å². The number of nitrogens with zero attached hydrogens (tertiary/aromatic N) is 1. The first-order valence-corrected chi connectivity index (χ1v) is 4.59. The van der Waals surface area contributed by atoms with Crippen molar-refractivity contribution in [3.63, 3.8) is 0 Å². The van der Waals surface area contributed by atoms with E-state index in [1.165, 1.54) is 0 Å². The lowest BCUT2D eigenvalue weighted by atomic mass is 10.1. The van der Waals surface area contributed by atoms with Crippen molar-refractivity contribution < 1.29 is 4.79 Å². The first-order valence-electron chi connectivity index (χ1n) is 4.59. The standard InChI is InChI=1S/C12H11NO/c1-9(14)6-10-7-11-4-2-3-5-12(11)13-8-10/h2-5,7-8H,6H2,1H3. The maximum absolute atomic E-state index is 10.9. The van der Waals surface area contributed by atoms with Gasteiger partial charge in [-0.1, -0.05) is 18.2 Å². The molecular weight excluding hydrogens is 174 g/mol. The van der Waals surface area contributed by atoms with Gasteiger partial charge in [-0.05, 0) is 24.6 Å². The Morgan fingerprint density at radius 3 is 2.93 bits per heavy atom. The normalized spacial score (nSPS) is 10.4. The van der Waals surface area contributed by atoms with Gasteiger partial charge in [0.25, 0.3) is 0 Å². The van der Waals surface area contributed by atoms with Crippen molar-refractivity contribution in [1.82, 2.24) is 4.98 Å². The van der Waals surface area contributed by atoms with Crippen molar-refractivity contribution in [2.45, 2.75) is 13.3 Å². The third kappa shape index (κ3) is 1.79. The summed E-state index contributed by atoms with van der Waals surface area (Å²) in [4.78, 5) is 15.2. The summed E-state index contributed by atoms with van der Waals surface area (Å²) >= 11 is 0. The largest absolute Gasteiger partial charge is 0.300 e. The van der Waals surface area contributed by atoms with Crippen molar-refractivity contribution in [2.75, 3.05) is 0 Å². The van der Waals surface area contributed by atoms with Crippen LogP contribution < -0.4 is 0 Å². The molecule has 0 aliphatic heterocycles. The van der Waals surface area contributed by atoms with E-state index in [0.29, 0.717) is 6.42 Å². The Morgan fingerprint density at radius 1 is 1.36 bits per heavy atom. The summed E-state index contributed by atoms with van der Waals surface area (Å²) < 4.78 is 0. The Kier molecular flexibility index (Phi) is 2.27. The molecule has 0 atom stereocenters. The first-order chi connectivity index (χ1) is 6.75. The van der Waals surface area contributed by atoms with Crippen LogP contribution in [0.2, 0.25) is 0 Å². The van der Waals surface area contributed by atoms with Crippen molar-refractivity contribution in [3.8, 4) is 0 Å². The summed E-state index contributed by atoms with van der Waals surface area (Å²) in [6, 6.07) is 9.92. The average Bonchev–Trinajstić information content (AvgIpc) is 2.17. The number of fused-ring (bicyclic) bond motifs is 1. The molecule has 0 amide bonds. The molecule has 0 aliphatic carbocycles. The van der Waals surface area contributed by atoms with Gasteiger partial charge >= 0.3 is 0 Å². The summed E-state index contributed by atoms with van der Waals surface area (Å²) in [5.41, 5.74) is 1.95. The molecular formula is C12H11NO. The molecule has 0 fully saturated rings. The van der Waals surface area contributed by atoms with Crippen LogP contribution in [0.1, 0.15) is 12.5 Å². The molecule has 0 aliphatic rings. The molecule has 14 heavy (non-hydrogen) atoms. The van der Waals surface area contributed by atoms with Gasteiger partial charge in [-0.15, -0.1) is 0 Å². The summed E-state index contributed by atoms with van der Waals surface area (Å²) in [5.74, 6) is 0.169. The molecule has 0 spiro atoms. The van der Waals surface area contributed by atoms with E-state index in [4.69, 9.17) is 0 Å². The number of pyridine rings is 1. The molecule has 0 saturated heterocycles. The first kappa shape index (κ1) is 8.88. The number of hydrogen-bond donors (Lipinski definition) is 0. The van der Waals surface area contributed by atoms with Crippen molar-refractivity contribution in [1.29, 1.82) is 0 Å². The molecule has 0 unspecified atom stereocenters. The highest BCUT2D eigenvalue weighted by molar-refractivity contribution is 5.82. The van der Waals surface area contributed by atoms with E-state index in [2.05, 4.69) is 4.98 Å². The maximum atomic E-state index is 10.9. The second-order valence-electron chi connectivity index (χ2n) is 3.42. The van der Waals surface area contributed by atoms with Crippen LogP contribution in [-0.4, -0.2) is 10.8 Å². The fraction of sp³-hybridized carbons (Fsp3) is 0.167. The van der Waals surface area contributed by atoms with Gasteiger partial charge in [-0.25, -0.2) is 0 Å². The Labute approximate surface area is 82.6 Å². The molecule has 0 N–H and O–H groups in total. The zero-order valence-electron chi connectivity index (χ0n) is 8.03. The van der Waals surface area contributed by atoms with Crippen LogP contribution in [0.5, 0.6) is 0 Å². The number of aromatic nitrogens is 1. The number of hydrogen-bond acceptors (Lipinski definition) is 2. The quantitative estimate of drug-likeness (QED) is 0.719. The second-order valence-corrected chi connectivity index (χ2v) is 3.42. The third-order valence-electron chi connectivity index (χ3n) is 2.10. The van der Waals surface area contributed by atoms with E-state index in [0.717, 1.165) is 16.5 Å². The number of benzene rings is 1. The van der Waals surface area contributed by atoms with Gasteiger partial charge in [0, 0.05) is 18.0 Å². The predicted molar refractivity (Wildman–Crippen MR) is 56.1 cm³/mol. The Morgan fingerprint density at radius 2 is 2.14 bits per heavy atom. The minimum atomic E-state index is 0.169. The zero-order chi connectivity index (χ0) is 9.97. The fourth-order valence-corrected chi connectivity index (χ4v) is 1.50. The monoisotopic (exact) mass is 185 g/mol. The molecule has 2 nitrogen and oxygen atoms in total. The smallest absolute Gasteiger partial charge is 0.134 e. The SMILES string of the molecule is CC(=O)Cc1cnc2ccccc2c1. The molecule has 0 bridgehead atoms. The van der Waals surface area contributed by atoms with Crippen LogP contribution in [0.4, 0.5) is 0 Å². The Bertz CT molecular complexity index is 476.